The minimum absolute atomic E-state index is 0.0654. The average molecular weight is 170 g/mol. The molecule has 0 aromatic carbocycles. The van der Waals surface area contributed by atoms with Gasteiger partial charge in [-0.2, -0.15) is 5.10 Å². The minimum atomic E-state index is -0.452. The molecule has 1 aromatic heterocycles. The van der Waals surface area contributed by atoms with Crippen LogP contribution in [0.5, 0.6) is 0 Å². The van der Waals surface area contributed by atoms with Crippen LogP contribution in [-0.2, 0) is 17.8 Å². The molecule has 0 amide bonds. The largest absolute Gasteiger partial charge is 0.300 e. The zero-order valence-corrected chi connectivity index (χ0v) is 6.96. The second kappa shape index (κ2) is 3.99. The number of alkyl halides is 1. The second-order valence-corrected chi connectivity index (χ2v) is 2.61. The third kappa shape index (κ3) is 2.15. The van der Waals surface area contributed by atoms with Gasteiger partial charge in [0.1, 0.15) is 12.5 Å². The van der Waals surface area contributed by atoms with E-state index in [4.69, 9.17) is 0 Å². The van der Waals surface area contributed by atoms with Crippen molar-refractivity contribution in [1.29, 1.82) is 0 Å². The van der Waals surface area contributed by atoms with Crippen molar-refractivity contribution in [3.05, 3.63) is 18.0 Å². The Kier molecular flexibility index (Phi) is 2.96. The van der Waals surface area contributed by atoms with Crippen LogP contribution in [0.25, 0.3) is 0 Å². The smallest absolute Gasteiger partial charge is 0.135 e. The van der Waals surface area contributed by atoms with Crippen LogP contribution in [0.2, 0.25) is 0 Å². The molecule has 0 aliphatic carbocycles. The Morgan fingerprint density at radius 1 is 1.75 bits per heavy atom. The Labute approximate surface area is 70.2 Å². The summed E-state index contributed by atoms with van der Waals surface area (Å²) in [6, 6.07) is 1.73. The standard InChI is InChI=1S/C8H11FN2O/c1-7(12)6-8-2-4-10-11(8)5-3-9/h2,4H,3,5-6H2,1H3. The van der Waals surface area contributed by atoms with Crippen molar-refractivity contribution in [3.8, 4) is 0 Å². The van der Waals surface area contributed by atoms with Crippen molar-refractivity contribution in [2.75, 3.05) is 6.67 Å². The van der Waals surface area contributed by atoms with E-state index in [0.29, 0.717) is 6.42 Å². The Morgan fingerprint density at radius 2 is 2.50 bits per heavy atom. The molecule has 0 atom stereocenters. The number of hydrogen-bond donors (Lipinski definition) is 0. The molecule has 0 saturated carbocycles. The summed E-state index contributed by atoms with van der Waals surface area (Å²) in [6.45, 7) is 1.29. The zero-order valence-electron chi connectivity index (χ0n) is 6.96. The van der Waals surface area contributed by atoms with Gasteiger partial charge in [0, 0.05) is 18.3 Å². The minimum Gasteiger partial charge on any atom is -0.300 e. The number of Topliss-reactive ketones (excluding diaryl/α,β-unsaturated/α-hetero) is 1. The fourth-order valence-electron chi connectivity index (χ4n) is 1.05. The molecule has 12 heavy (non-hydrogen) atoms. The third-order valence-electron chi connectivity index (χ3n) is 1.53. The molecule has 66 valence electrons. The van der Waals surface area contributed by atoms with Crippen LogP contribution in [0, 0.1) is 0 Å². The predicted octanol–water partition coefficient (Wildman–Crippen LogP) is 0.984. The Hall–Kier alpha value is -1.19. The van der Waals surface area contributed by atoms with Gasteiger partial charge in [-0.1, -0.05) is 0 Å². The van der Waals surface area contributed by atoms with E-state index in [9.17, 15) is 9.18 Å². The fourth-order valence-corrected chi connectivity index (χ4v) is 1.05. The number of aromatic nitrogens is 2. The van der Waals surface area contributed by atoms with Gasteiger partial charge in [0.2, 0.25) is 0 Å². The van der Waals surface area contributed by atoms with Crippen LogP contribution < -0.4 is 0 Å². The molecule has 1 aromatic rings. The second-order valence-electron chi connectivity index (χ2n) is 2.61. The highest BCUT2D eigenvalue weighted by Crippen LogP contribution is 2.00. The maximum Gasteiger partial charge on any atom is 0.135 e. The number of hydrogen-bond acceptors (Lipinski definition) is 2. The molecule has 0 spiro atoms. The first-order chi connectivity index (χ1) is 5.74. The zero-order chi connectivity index (χ0) is 8.97. The predicted molar refractivity (Wildman–Crippen MR) is 42.6 cm³/mol. The first kappa shape index (κ1) is 8.90. The van der Waals surface area contributed by atoms with Crippen molar-refractivity contribution in [2.24, 2.45) is 0 Å². The summed E-state index contributed by atoms with van der Waals surface area (Å²) < 4.78 is 13.4. The summed E-state index contributed by atoms with van der Waals surface area (Å²) >= 11 is 0. The maximum atomic E-state index is 11.9. The average Bonchev–Trinajstić information content (AvgIpc) is 2.37. The van der Waals surface area contributed by atoms with Crippen LogP contribution in [0.3, 0.4) is 0 Å². The lowest BCUT2D eigenvalue weighted by atomic mass is 10.2. The van der Waals surface area contributed by atoms with E-state index in [1.807, 2.05) is 0 Å². The first-order valence-electron chi connectivity index (χ1n) is 3.80. The van der Waals surface area contributed by atoms with Crippen molar-refractivity contribution < 1.29 is 9.18 Å². The molecule has 0 saturated heterocycles. The van der Waals surface area contributed by atoms with Crippen molar-refractivity contribution in [2.45, 2.75) is 19.9 Å². The number of carbonyl (C=O) groups excluding carboxylic acids is 1. The summed E-state index contributed by atoms with van der Waals surface area (Å²) in [7, 11) is 0. The lowest BCUT2D eigenvalue weighted by molar-refractivity contribution is -0.116. The first-order valence-corrected chi connectivity index (χ1v) is 3.80. The van der Waals surface area contributed by atoms with E-state index in [1.165, 1.54) is 11.6 Å². The fraction of sp³-hybridized carbons (Fsp3) is 0.500. The number of ketones is 1. The molecular weight excluding hydrogens is 159 g/mol. The van der Waals surface area contributed by atoms with E-state index in [0.717, 1.165) is 5.69 Å². The molecule has 3 nitrogen and oxygen atoms in total. The molecule has 0 aliphatic heterocycles. The van der Waals surface area contributed by atoms with Gasteiger partial charge in [0.25, 0.3) is 0 Å². The highest BCUT2D eigenvalue weighted by molar-refractivity contribution is 5.77. The summed E-state index contributed by atoms with van der Waals surface area (Å²) in [4.78, 5) is 10.7. The van der Waals surface area contributed by atoms with Crippen LogP contribution in [0.4, 0.5) is 4.39 Å². The molecule has 0 aliphatic rings. The van der Waals surface area contributed by atoms with Gasteiger partial charge in [0.05, 0.1) is 6.54 Å². The topological polar surface area (TPSA) is 34.9 Å². The molecule has 4 heteroatoms. The summed E-state index contributed by atoms with van der Waals surface area (Å²) in [5, 5.41) is 3.88. The quantitative estimate of drug-likeness (QED) is 0.675. The Morgan fingerprint density at radius 3 is 3.08 bits per heavy atom. The highest BCUT2D eigenvalue weighted by atomic mass is 19.1. The van der Waals surface area contributed by atoms with Gasteiger partial charge >= 0.3 is 0 Å². The van der Waals surface area contributed by atoms with E-state index in [2.05, 4.69) is 5.10 Å². The van der Waals surface area contributed by atoms with Gasteiger partial charge < -0.3 is 0 Å². The number of halogens is 1. The molecule has 1 rings (SSSR count). The Bertz CT molecular complexity index is 270. The number of aryl methyl sites for hydroxylation is 1. The lowest BCUT2D eigenvalue weighted by Gasteiger charge is -2.01. The third-order valence-corrected chi connectivity index (χ3v) is 1.53. The maximum absolute atomic E-state index is 11.9. The Balaban J connectivity index is 2.69. The molecule has 0 unspecified atom stereocenters. The number of rotatable bonds is 4. The highest BCUT2D eigenvalue weighted by Gasteiger charge is 2.03. The van der Waals surface area contributed by atoms with E-state index < -0.39 is 6.67 Å². The van der Waals surface area contributed by atoms with Gasteiger partial charge in [-0.15, -0.1) is 0 Å². The van der Waals surface area contributed by atoms with Crippen molar-refractivity contribution in [1.82, 2.24) is 9.78 Å². The number of carbonyl (C=O) groups is 1. The SMILES string of the molecule is CC(=O)Cc1ccnn1CCF. The van der Waals surface area contributed by atoms with E-state index in [-0.39, 0.29) is 12.3 Å². The molecule has 0 N–H and O–H groups in total. The lowest BCUT2D eigenvalue weighted by Crippen LogP contribution is -2.09. The van der Waals surface area contributed by atoms with Gasteiger partial charge in [-0.3, -0.25) is 9.48 Å². The van der Waals surface area contributed by atoms with Crippen molar-refractivity contribution >= 4 is 5.78 Å². The van der Waals surface area contributed by atoms with Crippen LogP contribution in [0.1, 0.15) is 12.6 Å². The van der Waals surface area contributed by atoms with Crippen LogP contribution >= 0.6 is 0 Å². The summed E-state index contributed by atoms with van der Waals surface area (Å²) in [6.07, 6.45) is 1.91. The summed E-state index contributed by atoms with van der Waals surface area (Å²) in [5.41, 5.74) is 0.778. The molecule has 0 fully saturated rings. The monoisotopic (exact) mass is 170 g/mol. The van der Waals surface area contributed by atoms with Crippen LogP contribution in [-0.4, -0.2) is 22.2 Å². The number of nitrogens with zero attached hydrogens (tertiary/aromatic N) is 2. The normalized spacial score (nSPS) is 10.2. The molecular formula is C8H11FN2O. The molecule has 1 heterocycles. The summed E-state index contributed by atoms with van der Waals surface area (Å²) in [5.74, 6) is 0.0654. The molecule has 0 bridgehead atoms. The van der Waals surface area contributed by atoms with Crippen molar-refractivity contribution in [3.63, 3.8) is 0 Å². The van der Waals surface area contributed by atoms with Crippen LogP contribution in [0.15, 0.2) is 12.3 Å². The van der Waals surface area contributed by atoms with Gasteiger partial charge in [-0.25, -0.2) is 4.39 Å². The van der Waals surface area contributed by atoms with E-state index >= 15 is 0 Å². The van der Waals surface area contributed by atoms with E-state index in [1.54, 1.807) is 12.3 Å². The van der Waals surface area contributed by atoms with Gasteiger partial charge in [-0.05, 0) is 13.0 Å². The van der Waals surface area contributed by atoms with Gasteiger partial charge in [0.15, 0.2) is 0 Å². The molecule has 0 radical (unpaired) electrons.